The number of halogens is 1. The summed E-state index contributed by atoms with van der Waals surface area (Å²) in [6.07, 6.45) is 5.30. The minimum atomic E-state index is -0.418. The number of hydrogen-bond donors (Lipinski definition) is 1. The van der Waals surface area contributed by atoms with Crippen molar-refractivity contribution in [3.05, 3.63) is 41.5 Å². The van der Waals surface area contributed by atoms with Crippen molar-refractivity contribution in [2.75, 3.05) is 5.73 Å². The van der Waals surface area contributed by atoms with Crippen molar-refractivity contribution in [1.29, 1.82) is 5.26 Å². The number of anilines is 1. The first-order valence-electron chi connectivity index (χ1n) is 4.68. The molecule has 5 heteroatoms. The van der Waals surface area contributed by atoms with Gasteiger partial charge in [0, 0.05) is 0 Å². The van der Waals surface area contributed by atoms with Gasteiger partial charge in [0.15, 0.2) is 5.69 Å². The number of terminal acetylenes is 1. The number of aromatic nitrogens is 2. The first-order chi connectivity index (χ1) is 8.17. The lowest BCUT2D eigenvalue weighted by Crippen LogP contribution is -2.00. The fraction of sp³-hybridized carbons (Fsp3) is 0. The van der Waals surface area contributed by atoms with Gasteiger partial charge in [-0.2, -0.15) is 10.4 Å². The monoisotopic (exact) mass is 226 g/mol. The van der Waals surface area contributed by atoms with Crippen molar-refractivity contribution in [2.45, 2.75) is 0 Å². The summed E-state index contributed by atoms with van der Waals surface area (Å²) in [5.74, 6) is 1.92. The minimum Gasteiger partial charge on any atom is -0.394 e. The Morgan fingerprint density at radius 2 is 2.24 bits per heavy atom. The fourth-order valence-electron chi connectivity index (χ4n) is 1.45. The van der Waals surface area contributed by atoms with E-state index in [-0.39, 0.29) is 17.1 Å². The summed E-state index contributed by atoms with van der Waals surface area (Å²) in [7, 11) is 0. The second kappa shape index (κ2) is 3.99. The average Bonchev–Trinajstić information content (AvgIpc) is 2.65. The van der Waals surface area contributed by atoms with Gasteiger partial charge in [-0.05, 0) is 24.1 Å². The molecule has 4 nitrogen and oxygen atoms in total. The molecule has 1 aromatic heterocycles. The third kappa shape index (κ3) is 1.70. The predicted molar refractivity (Wildman–Crippen MR) is 60.6 cm³/mol. The number of nitriles is 1. The lowest BCUT2D eigenvalue weighted by molar-refractivity contribution is 0.625. The number of hydrogen-bond acceptors (Lipinski definition) is 3. The van der Waals surface area contributed by atoms with E-state index in [1.54, 1.807) is 6.07 Å². The smallest absolute Gasteiger partial charge is 0.187 e. The zero-order chi connectivity index (χ0) is 12.4. The van der Waals surface area contributed by atoms with Crippen LogP contribution in [-0.4, -0.2) is 9.78 Å². The molecule has 0 saturated heterocycles. The largest absolute Gasteiger partial charge is 0.394 e. The SMILES string of the molecule is C#Cc1c(N)c(C#N)nn1-c1cccc(F)c1. The lowest BCUT2D eigenvalue weighted by atomic mass is 10.3. The van der Waals surface area contributed by atoms with Crippen LogP contribution in [0.1, 0.15) is 11.4 Å². The van der Waals surface area contributed by atoms with Crippen LogP contribution in [0, 0.1) is 29.5 Å². The first-order valence-corrected chi connectivity index (χ1v) is 4.68. The number of nitrogen functional groups attached to an aromatic ring is 1. The van der Waals surface area contributed by atoms with E-state index in [2.05, 4.69) is 11.0 Å². The highest BCUT2D eigenvalue weighted by molar-refractivity contribution is 5.61. The highest BCUT2D eigenvalue weighted by Crippen LogP contribution is 2.20. The summed E-state index contributed by atoms with van der Waals surface area (Å²) in [6.45, 7) is 0. The van der Waals surface area contributed by atoms with Crippen molar-refractivity contribution in [3.8, 4) is 24.1 Å². The summed E-state index contributed by atoms with van der Waals surface area (Å²) in [6, 6.07) is 7.53. The van der Waals surface area contributed by atoms with Gasteiger partial charge in [-0.1, -0.05) is 6.07 Å². The van der Waals surface area contributed by atoms with Crippen molar-refractivity contribution in [1.82, 2.24) is 9.78 Å². The summed E-state index contributed by atoms with van der Waals surface area (Å²) in [4.78, 5) is 0. The molecule has 0 atom stereocenters. The number of benzene rings is 1. The van der Waals surface area contributed by atoms with E-state index >= 15 is 0 Å². The van der Waals surface area contributed by atoms with Crippen LogP contribution in [0.2, 0.25) is 0 Å². The van der Waals surface area contributed by atoms with Gasteiger partial charge < -0.3 is 5.73 Å². The third-order valence-corrected chi connectivity index (χ3v) is 2.22. The van der Waals surface area contributed by atoms with E-state index in [1.165, 1.54) is 22.9 Å². The van der Waals surface area contributed by atoms with E-state index in [1.807, 2.05) is 6.07 Å². The van der Waals surface area contributed by atoms with Gasteiger partial charge in [-0.3, -0.25) is 0 Å². The minimum absolute atomic E-state index is 0.0298. The molecule has 0 fully saturated rings. The molecular formula is C12H7FN4. The van der Waals surface area contributed by atoms with Crippen LogP contribution in [0.5, 0.6) is 0 Å². The van der Waals surface area contributed by atoms with E-state index in [9.17, 15) is 4.39 Å². The molecule has 2 rings (SSSR count). The Morgan fingerprint density at radius 3 is 2.82 bits per heavy atom. The van der Waals surface area contributed by atoms with Crippen LogP contribution in [0.25, 0.3) is 5.69 Å². The molecule has 82 valence electrons. The maximum atomic E-state index is 13.1. The molecule has 2 N–H and O–H groups in total. The Hall–Kier alpha value is -2.79. The summed E-state index contributed by atoms with van der Waals surface area (Å²) >= 11 is 0. The van der Waals surface area contributed by atoms with Crippen LogP contribution in [0.4, 0.5) is 10.1 Å². The molecule has 0 saturated carbocycles. The highest BCUT2D eigenvalue weighted by atomic mass is 19.1. The van der Waals surface area contributed by atoms with Gasteiger partial charge in [0.25, 0.3) is 0 Å². The standard InChI is InChI=1S/C12H7FN4/c1-2-11-12(15)10(7-14)16-17(11)9-5-3-4-8(13)6-9/h1,3-6H,15H2. The second-order valence-corrected chi connectivity index (χ2v) is 3.26. The van der Waals surface area contributed by atoms with Crippen molar-refractivity contribution >= 4 is 5.69 Å². The van der Waals surface area contributed by atoms with Gasteiger partial charge in [0.05, 0.1) is 5.69 Å². The Morgan fingerprint density at radius 1 is 1.47 bits per heavy atom. The maximum absolute atomic E-state index is 13.1. The molecule has 0 aliphatic heterocycles. The maximum Gasteiger partial charge on any atom is 0.187 e. The van der Waals surface area contributed by atoms with Gasteiger partial charge in [0.1, 0.15) is 23.3 Å². The zero-order valence-electron chi connectivity index (χ0n) is 8.68. The zero-order valence-corrected chi connectivity index (χ0v) is 8.68. The Balaban J connectivity index is 2.69. The van der Waals surface area contributed by atoms with Crippen molar-refractivity contribution in [2.24, 2.45) is 0 Å². The van der Waals surface area contributed by atoms with Crippen molar-refractivity contribution < 1.29 is 4.39 Å². The van der Waals surface area contributed by atoms with Crippen molar-refractivity contribution in [3.63, 3.8) is 0 Å². The van der Waals surface area contributed by atoms with Gasteiger partial charge in [-0.15, -0.1) is 6.42 Å². The van der Waals surface area contributed by atoms with Crippen LogP contribution < -0.4 is 5.73 Å². The molecule has 2 aromatic rings. The molecule has 0 aliphatic carbocycles. The highest BCUT2D eigenvalue weighted by Gasteiger charge is 2.14. The van der Waals surface area contributed by atoms with Crippen LogP contribution in [0.3, 0.4) is 0 Å². The van der Waals surface area contributed by atoms with E-state index < -0.39 is 5.82 Å². The normalized spacial score (nSPS) is 9.59. The first kappa shape index (κ1) is 10.7. The number of nitrogens with zero attached hydrogens (tertiary/aromatic N) is 3. The van der Waals surface area contributed by atoms with E-state index in [4.69, 9.17) is 17.4 Å². The molecule has 1 aromatic carbocycles. The van der Waals surface area contributed by atoms with E-state index in [0.29, 0.717) is 5.69 Å². The quantitative estimate of drug-likeness (QED) is 0.748. The number of rotatable bonds is 1. The Labute approximate surface area is 97.1 Å². The molecule has 0 amide bonds. The molecule has 0 spiro atoms. The second-order valence-electron chi connectivity index (χ2n) is 3.26. The fourth-order valence-corrected chi connectivity index (χ4v) is 1.45. The topological polar surface area (TPSA) is 67.6 Å². The summed E-state index contributed by atoms with van der Waals surface area (Å²) in [5, 5.41) is 12.7. The molecule has 0 aliphatic rings. The van der Waals surface area contributed by atoms with Crippen LogP contribution >= 0.6 is 0 Å². The molecule has 0 bridgehead atoms. The Bertz CT molecular complexity index is 658. The van der Waals surface area contributed by atoms with Gasteiger partial charge in [0.2, 0.25) is 0 Å². The molecule has 0 unspecified atom stereocenters. The average molecular weight is 226 g/mol. The third-order valence-electron chi connectivity index (χ3n) is 2.22. The summed E-state index contributed by atoms with van der Waals surface area (Å²) in [5.41, 5.74) is 6.48. The Kier molecular flexibility index (Phi) is 2.52. The van der Waals surface area contributed by atoms with Crippen LogP contribution in [-0.2, 0) is 0 Å². The number of nitrogens with two attached hydrogens (primary N) is 1. The molecule has 17 heavy (non-hydrogen) atoms. The molecule has 1 heterocycles. The molecular weight excluding hydrogens is 219 g/mol. The summed E-state index contributed by atoms with van der Waals surface area (Å²) < 4.78 is 14.4. The predicted octanol–water partition coefficient (Wildman–Crippen LogP) is 1.45. The van der Waals surface area contributed by atoms with Gasteiger partial charge in [-0.25, -0.2) is 9.07 Å². The van der Waals surface area contributed by atoms with Crippen LogP contribution in [0.15, 0.2) is 24.3 Å². The lowest BCUT2D eigenvalue weighted by Gasteiger charge is -2.02. The van der Waals surface area contributed by atoms with E-state index in [0.717, 1.165) is 0 Å². The molecule has 0 radical (unpaired) electrons. The van der Waals surface area contributed by atoms with Gasteiger partial charge >= 0.3 is 0 Å².